The van der Waals surface area contributed by atoms with Gasteiger partial charge in [-0.25, -0.2) is 4.39 Å². The minimum Gasteiger partial charge on any atom is -0.488 e. The molecule has 0 heterocycles. The van der Waals surface area contributed by atoms with Crippen molar-refractivity contribution >= 4 is 0 Å². The highest BCUT2D eigenvalue weighted by atomic mass is 19.1. The topological polar surface area (TPSA) is 55.5 Å². The Balaban J connectivity index is 2.07. The van der Waals surface area contributed by atoms with Crippen LogP contribution in [-0.4, -0.2) is 17.3 Å². The highest BCUT2D eigenvalue weighted by molar-refractivity contribution is 5.30. The highest BCUT2D eigenvalue weighted by Crippen LogP contribution is 2.26. The lowest BCUT2D eigenvalue weighted by atomic mass is 9.95. The highest BCUT2D eigenvalue weighted by Gasteiger charge is 2.24. The van der Waals surface area contributed by atoms with Gasteiger partial charge in [0.2, 0.25) is 0 Å². The minimum absolute atomic E-state index is 0.223. The summed E-state index contributed by atoms with van der Waals surface area (Å²) in [6, 6.07) is 4.37. The van der Waals surface area contributed by atoms with Crippen molar-refractivity contribution in [3.63, 3.8) is 0 Å². The number of benzene rings is 1. The van der Waals surface area contributed by atoms with Crippen molar-refractivity contribution in [2.45, 2.75) is 50.9 Å². The van der Waals surface area contributed by atoms with Gasteiger partial charge in [0.1, 0.15) is 17.7 Å². The van der Waals surface area contributed by atoms with Crippen molar-refractivity contribution in [2.75, 3.05) is 0 Å². The average Bonchev–Trinajstić information content (AvgIpc) is 2.32. The summed E-state index contributed by atoms with van der Waals surface area (Å²) in [6.07, 6.45) is 2.97. The third-order valence-electron chi connectivity index (χ3n) is 3.42. The fourth-order valence-corrected chi connectivity index (χ4v) is 2.34. The molecule has 1 fully saturated rings. The summed E-state index contributed by atoms with van der Waals surface area (Å²) < 4.78 is 19.4. The Hall–Kier alpha value is -1.13. The molecule has 2 rings (SSSR count). The van der Waals surface area contributed by atoms with Gasteiger partial charge in [-0.15, -0.1) is 0 Å². The standard InChI is InChI=1S/C14H20FNO2/c1-9(16)11-7-6-10(8-12(11)15)18-14-5-3-2-4-13(14)17/h6-9,13-14,17H,2-5,16H2,1H3/t9-,13?,14?/m0/s1. The molecule has 2 unspecified atom stereocenters. The second-order valence-corrected chi connectivity index (χ2v) is 4.98. The van der Waals surface area contributed by atoms with E-state index in [1.54, 1.807) is 19.1 Å². The van der Waals surface area contributed by atoms with E-state index in [9.17, 15) is 9.50 Å². The molecule has 100 valence electrons. The third-order valence-corrected chi connectivity index (χ3v) is 3.42. The first-order valence-corrected chi connectivity index (χ1v) is 6.47. The number of hydrogen-bond acceptors (Lipinski definition) is 3. The summed E-state index contributed by atoms with van der Waals surface area (Å²) in [5, 5.41) is 9.80. The molecule has 1 saturated carbocycles. The van der Waals surface area contributed by atoms with Crippen molar-refractivity contribution in [3.05, 3.63) is 29.6 Å². The molecule has 0 saturated heterocycles. The van der Waals surface area contributed by atoms with E-state index in [2.05, 4.69) is 0 Å². The molecule has 3 atom stereocenters. The first kappa shape index (κ1) is 13.3. The lowest BCUT2D eigenvalue weighted by Gasteiger charge is -2.28. The summed E-state index contributed by atoms with van der Waals surface area (Å²) in [7, 11) is 0. The van der Waals surface area contributed by atoms with E-state index in [-0.39, 0.29) is 18.0 Å². The monoisotopic (exact) mass is 253 g/mol. The zero-order valence-corrected chi connectivity index (χ0v) is 10.6. The van der Waals surface area contributed by atoms with Crippen molar-refractivity contribution in [1.82, 2.24) is 0 Å². The van der Waals surface area contributed by atoms with Crippen molar-refractivity contribution in [1.29, 1.82) is 0 Å². The van der Waals surface area contributed by atoms with E-state index < -0.39 is 6.10 Å². The van der Waals surface area contributed by atoms with E-state index in [4.69, 9.17) is 10.5 Å². The van der Waals surface area contributed by atoms with Gasteiger partial charge in [0.05, 0.1) is 6.10 Å². The van der Waals surface area contributed by atoms with Crippen molar-refractivity contribution in [2.24, 2.45) is 5.73 Å². The van der Waals surface area contributed by atoms with E-state index in [0.29, 0.717) is 11.3 Å². The Bertz CT molecular complexity index is 409. The molecule has 0 amide bonds. The number of ether oxygens (including phenoxy) is 1. The van der Waals surface area contributed by atoms with Crippen LogP contribution in [0, 0.1) is 5.82 Å². The number of rotatable bonds is 3. The predicted octanol–water partition coefficient (Wildman–Crippen LogP) is 2.53. The molecule has 4 heteroatoms. The summed E-state index contributed by atoms with van der Waals surface area (Å²) in [4.78, 5) is 0. The maximum Gasteiger partial charge on any atom is 0.131 e. The Kier molecular flexibility index (Phi) is 4.19. The molecule has 0 aliphatic heterocycles. The van der Waals surface area contributed by atoms with Crippen LogP contribution in [0.5, 0.6) is 5.75 Å². The molecule has 18 heavy (non-hydrogen) atoms. The maximum atomic E-state index is 13.7. The van der Waals surface area contributed by atoms with Crippen LogP contribution in [0.1, 0.15) is 44.2 Å². The molecule has 1 aromatic rings. The second-order valence-electron chi connectivity index (χ2n) is 4.98. The SMILES string of the molecule is C[C@H](N)c1ccc(OC2CCCCC2O)cc1F. The minimum atomic E-state index is -0.449. The normalized spacial score (nSPS) is 25.8. The fourth-order valence-electron chi connectivity index (χ4n) is 2.34. The summed E-state index contributed by atoms with van der Waals surface area (Å²) >= 11 is 0. The smallest absolute Gasteiger partial charge is 0.131 e. The third kappa shape index (κ3) is 3.00. The van der Waals surface area contributed by atoms with Crippen molar-refractivity contribution < 1.29 is 14.2 Å². The van der Waals surface area contributed by atoms with Crippen molar-refractivity contribution in [3.8, 4) is 5.75 Å². The molecule has 1 aromatic carbocycles. The zero-order valence-electron chi connectivity index (χ0n) is 10.6. The quantitative estimate of drug-likeness (QED) is 0.870. The van der Waals surface area contributed by atoms with Gasteiger partial charge in [0.25, 0.3) is 0 Å². The van der Waals surface area contributed by atoms with E-state index in [1.165, 1.54) is 6.07 Å². The first-order chi connectivity index (χ1) is 8.58. The van der Waals surface area contributed by atoms with E-state index in [0.717, 1.165) is 25.7 Å². The molecule has 3 nitrogen and oxygen atoms in total. The van der Waals surface area contributed by atoms with Crippen LogP contribution in [0.3, 0.4) is 0 Å². The van der Waals surface area contributed by atoms with Crippen LogP contribution < -0.4 is 10.5 Å². The maximum absolute atomic E-state index is 13.7. The molecular weight excluding hydrogens is 233 g/mol. The average molecular weight is 253 g/mol. The summed E-state index contributed by atoms with van der Waals surface area (Å²) in [6.45, 7) is 1.74. The Morgan fingerprint density at radius 3 is 2.72 bits per heavy atom. The number of aliphatic hydroxyl groups excluding tert-OH is 1. The van der Waals surface area contributed by atoms with Crippen LogP contribution in [-0.2, 0) is 0 Å². The lowest BCUT2D eigenvalue weighted by Crippen LogP contribution is -2.34. The van der Waals surface area contributed by atoms with E-state index >= 15 is 0 Å². The molecular formula is C14H20FNO2. The first-order valence-electron chi connectivity index (χ1n) is 6.47. The van der Waals surface area contributed by atoms with E-state index in [1.807, 2.05) is 0 Å². The van der Waals surface area contributed by atoms with Gasteiger partial charge in [-0.3, -0.25) is 0 Å². The number of hydrogen-bond donors (Lipinski definition) is 2. The van der Waals surface area contributed by atoms with Crippen LogP contribution in [0.2, 0.25) is 0 Å². The largest absolute Gasteiger partial charge is 0.488 e. The Labute approximate surface area is 107 Å². The van der Waals surface area contributed by atoms with Gasteiger partial charge in [-0.05, 0) is 32.3 Å². The Morgan fingerprint density at radius 2 is 2.11 bits per heavy atom. The van der Waals surface area contributed by atoms with Gasteiger partial charge in [0, 0.05) is 17.7 Å². The summed E-state index contributed by atoms with van der Waals surface area (Å²) in [5.41, 5.74) is 6.13. The number of nitrogens with two attached hydrogens (primary N) is 1. The Morgan fingerprint density at radius 1 is 1.39 bits per heavy atom. The molecule has 0 spiro atoms. The number of aliphatic hydroxyl groups is 1. The van der Waals surface area contributed by atoms with Gasteiger partial charge >= 0.3 is 0 Å². The van der Waals surface area contributed by atoms with Crippen LogP contribution in [0.4, 0.5) is 4.39 Å². The van der Waals surface area contributed by atoms with Gasteiger partial charge < -0.3 is 15.6 Å². The molecule has 3 N–H and O–H groups in total. The van der Waals surface area contributed by atoms with Gasteiger partial charge in [0.15, 0.2) is 0 Å². The molecule has 0 aromatic heterocycles. The van der Waals surface area contributed by atoms with Gasteiger partial charge in [-0.2, -0.15) is 0 Å². The van der Waals surface area contributed by atoms with Gasteiger partial charge in [-0.1, -0.05) is 12.5 Å². The summed E-state index contributed by atoms with van der Waals surface area (Å²) in [5.74, 6) is 0.107. The molecule has 1 aliphatic rings. The molecule has 0 radical (unpaired) electrons. The molecule has 0 bridgehead atoms. The predicted molar refractivity (Wildman–Crippen MR) is 67.9 cm³/mol. The number of halogens is 1. The molecule has 1 aliphatic carbocycles. The fraction of sp³-hybridized carbons (Fsp3) is 0.571. The zero-order chi connectivity index (χ0) is 13.1. The lowest BCUT2D eigenvalue weighted by molar-refractivity contribution is 0.00671. The van der Waals surface area contributed by atoms with Crippen LogP contribution in [0.25, 0.3) is 0 Å². The van der Waals surface area contributed by atoms with Crippen LogP contribution in [0.15, 0.2) is 18.2 Å². The van der Waals surface area contributed by atoms with Crippen LogP contribution >= 0.6 is 0 Å². The second kappa shape index (κ2) is 5.67.